The first-order valence-electron chi connectivity index (χ1n) is 9.68. The Balaban J connectivity index is 1.44. The van der Waals surface area contributed by atoms with E-state index in [-0.39, 0.29) is 17.1 Å². The van der Waals surface area contributed by atoms with Crippen molar-refractivity contribution in [2.45, 2.75) is 76.9 Å². The fourth-order valence-corrected chi connectivity index (χ4v) is 7.72. The molecule has 4 aliphatic carbocycles. The minimum absolute atomic E-state index is 0.0518. The highest BCUT2D eigenvalue weighted by Crippen LogP contribution is 2.68. The maximum atomic E-state index is 12.1. The second-order valence-corrected chi connectivity index (χ2v) is 9.32. The normalized spacial score (nSPS) is 57.0. The first kappa shape index (κ1) is 14.6. The molecule has 5 rings (SSSR count). The van der Waals surface area contributed by atoms with Crippen molar-refractivity contribution >= 4 is 11.6 Å². The maximum Gasteiger partial charge on any atom is 0.164 e. The fourth-order valence-electron chi connectivity index (χ4n) is 7.72. The Bertz CT molecular complexity index is 583. The molecular formula is C20H28O3. The van der Waals surface area contributed by atoms with Crippen LogP contribution < -0.4 is 0 Å². The van der Waals surface area contributed by atoms with Crippen molar-refractivity contribution in [2.24, 2.45) is 35.0 Å². The van der Waals surface area contributed by atoms with Gasteiger partial charge in [0.05, 0.1) is 0 Å². The van der Waals surface area contributed by atoms with Crippen molar-refractivity contribution in [1.82, 2.24) is 0 Å². The maximum absolute atomic E-state index is 12.1. The SMILES string of the molecule is CC(=O)[C@H]1CC[C@H]2[C@@H]3CCC45OC4C(=O)CC[C@@H]5[C@H]3CC[C@]12C. The predicted octanol–water partition coefficient (Wildman–Crippen LogP) is 3.54. The van der Waals surface area contributed by atoms with Gasteiger partial charge in [-0.2, -0.15) is 0 Å². The molecule has 1 spiro atoms. The number of fused-ring (bicyclic) bond motifs is 4. The molecule has 1 aliphatic heterocycles. The smallest absolute Gasteiger partial charge is 0.164 e. The molecule has 0 amide bonds. The summed E-state index contributed by atoms with van der Waals surface area (Å²) in [5.41, 5.74) is 0.189. The van der Waals surface area contributed by atoms with Crippen LogP contribution in [0.15, 0.2) is 0 Å². The molecule has 0 aromatic carbocycles. The van der Waals surface area contributed by atoms with Crippen molar-refractivity contribution in [1.29, 1.82) is 0 Å². The summed E-state index contributed by atoms with van der Waals surface area (Å²) < 4.78 is 6.02. The molecule has 23 heavy (non-hydrogen) atoms. The number of hydrogen-bond acceptors (Lipinski definition) is 3. The van der Waals surface area contributed by atoms with E-state index >= 15 is 0 Å². The van der Waals surface area contributed by atoms with E-state index in [0.29, 0.717) is 23.4 Å². The van der Waals surface area contributed by atoms with Gasteiger partial charge in [0.2, 0.25) is 0 Å². The largest absolute Gasteiger partial charge is 0.357 e. The van der Waals surface area contributed by atoms with Crippen LogP contribution in [0, 0.1) is 35.0 Å². The second kappa shape index (κ2) is 4.47. The molecule has 4 saturated carbocycles. The Morgan fingerprint density at radius 2 is 1.78 bits per heavy atom. The van der Waals surface area contributed by atoms with Crippen LogP contribution in [0.4, 0.5) is 0 Å². The van der Waals surface area contributed by atoms with Crippen molar-refractivity contribution < 1.29 is 14.3 Å². The van der Waals surface area contributed by atoms with Gasteiger partial charge < -0.3 is 4.74 Å². The highest BCUT2D eigenvalue weighted by molar-refractivity contribution is 5.88. The quantitative estimate of drug-likeness (QED) is 0.695. The number of hydrogen-bond donors (Lipinski definition) is 0. The lowest BCUT2D eigenvalue weighted by molar-refractivity contribution is -0.129. The second-order valence-electron chi connectivity index (χ2n) is 9.32. The lowest BCUT2D eigenvalue weighted by atomic mass is 9.49. The van der Waals surface area contributed by atoms with E-state index in [1.165, 1.54) is 25.7 Å². The van der Waals surface area contributed by atoms with Crippen molar-refractivity contribution in [3.8, 4) is 0 Å². The van der Waals surface area contributed by atoms with Crippen LogP contribution in [0.2, 0.25) is 0 Å². The van der Waals surface area contributed by atoms with Crippen molar-refractivity contribution in [3.63, 3.8) is 0 Å². The third-order valence-corrected chi connectivity index (χ3v) is 8.71. The summed E-state index contributed by atoms with van der Waals surface area (Å²) in [4.78, 5) is 24.2. The number of carbonyl (C=O) groups is 2. The molecule has 5 fully saturated rings. The molecule has 1 saturated heterocycles. The van der Waals surface area contributed by atoms with Gasteiger partial charge in [0.25, 0.3) is 0 Å². The molecule has 2 unspecified atom stereocenters. The van der Waals surface area contributed by atoms with Gasteiger partial charge in [-0.25, -0.2) is 0 Å². The van der Waals surface area contributed by atoms with Crippen molar-refractivity contribution in [2.75, 3.05) is 0 Å². The molecule has 0 aromatic rings. The standard InChI is InChI=1S/C20H28O3/c1-11(21)14-3-4-15-12-8-10-20-16(5-6-17(22)18(20)23-20)13(12)7-9-19(14,15)2/h12-16,18H,3-10H2,1-2H3/t12-,13+,14-,15+,16-,18?,19-,20?/m1/s1. The van der Waals surface area contributed by atoms with E-state index in [9.17, 15) is 9.59 Å². The molecule has 3 nitrogen and oxygen atoms in total. The van der Waals surface area contributed by atoms with Gasteiger partial charge in [-0.3, -0.25) is 9.59 Å². The van der Waals surface area contributed by atoms with Gasteiger partial charge in [0.15, 0.2) is 5.78 Å². The van der Waals surface area contributed by atoms with Crippen LogP contribution in [0.1, 0.15) is 65.2 Å². The molecule has 8 atom stereocenters. The van der Waals surface area contributed by atoms with E-state index in [1.807, 2.05) is 0 Å². The minimum atomic E-state index is -0.0528. The Hall–Kier alpha value is -0.700. The van der Waals surface area contributed by atoms with Gasteiger partial charge in [-0.1, -0.05) is 6.92 Å². The number of rotatable bonds is 1. The fraction of sp³-hybridized carbons (Fsp3) is 0.900. The van der Waals surface area contributed by atoms with Gasteiger partial charge in [-0.05, 0) is 81.0 Å². The molecular weight excluding hydrogens is 288 g/mol. The van der Waals surface area contributed by atoms with Crippen LogP contribution >= 0.6 is 0 Å². The topological polar surface area (TPSA) is 46.7 Å². The van der Waals surface area contributed by atoms with Crippen LogP contribution in [0.3, 0.4) is 0 Å². The van der Waals surface area contributed by atoms with E-state index in [1.54, 1.807) is 6.92 Å². The summed E-state index contributed by atoms with van der Waals surface area (Å²) in [6.07, 6.45) is 8.84. The van der Waals surface area contributed by atoms with Gasteiger partial charge in [-0.15, -0.1) is 0 Å². The average molecular weight is 316 g/mol. The summed E-state index contributed by atoms with van der Waals surface area (Å²) in [6.45, 7) is 4.20. The lowest BCUT2D eigenvalue weighted by Gasteiger charge is -2.54. The highest BCUT2D eigenvalue weighted by atomic mass is 16.6. The van der Waals surface area contributed by atoms with E-state index in [0.717, 1.165) is 43.4 Å². The molecule has 0 aromatic heterocycles. The first-order valence-corrected chi connectivity index (χ1v) is 9.68. The van der Waals surface area contributed by atoms with E-state index in [2.05, 4.69) is 6.92 Å². The summed E-state index contributed by atoms with van der Waals surface area (Å²) in [5, 5.41) is 0. The number of ether oxygens (including phenoxy) is 1. The summed E-state index contributed by atoms with van der Waals surface area (Å²) >= 11 is 0. The minimum Gasteiger partial charge on any atom is -0.357 e. The summed E-state index contributed by atoms with van der Waals surface area (Å²) in [7, 11) is 0. The number of epoxide rings is 1. The summed E-state index contributed by atoms with van der Waals surface area (Å²) in [6, 6.07) is 0. The molecule has 0 N–H and O–H groups in total. The van der Waals surface area contributed by atoms with Gasteiger partial charge in [0, 0.05) is 12.3 Å². The van der Waals surface area contributed by atoms with E-state index in [4.69, 9.17) is 4.74 Å². The highest BCUT2D eigenvalue weighted by Gasteiger charge is 2.71. The van der Waals surface area contributed by atoms with Crippen LogP contribution in [0.5, 0.6) is 0 Å². The number of carbonyl (C=O) groups excluding carboxylic acids is 2. The number of Topliss-reactive ketones (excluding diaryl/α,β-unsaturated/α-hetero) is 2. The third kappa shape index (κ3) is 1.70. The van der Waals surface area contributed by atoms with Gasteiger partial charge >= 0.3 is 0 Å². The predicted molar refractivity (Wildman–Crippen MR) is 85.8 cm³/mol. The lowest BCUT2D eigenvalue weighted by Crippen LogP contribution is -2.52. The van der Waals surface area contributed by atoms with Crippen LogP contribution in [-0.4, -0.2) is 23.3 Å². The molecule has 1 heterocycles. The molecule has 126 valence electrons. The molecule has 0 radical (unpaired) electrons. The third-order valence-electron chi connectivity index (χ3n) is 8.71. The first-order chi connectivity index (χ1) is 11.0. The Labute approximate surface area is 138 Å². The zero-order chi connectivity index (χ0) is 16.0. The Kier molecular flexibility index (Phi) is 2.84. The molecule has 5 aliphatic rings. The summed E-state index contributed by atoms with van der Waals surface area (Å²) in [5.74, 6) is 3.92. The van der Waals surface area contributed by atoms with Crippen molar-refractivity contribution in [3.05, 3.63) is 0 Å². The molecule has 3 heteroatoms. The van der Waals surface area contributed by atoms with Gasteiger partial charge in [0.1, 0.15) is 17.5 Å². The Morgan fingerprint density at radius 1 is 1.04 bits per heavy atom. The zero-order valence-electron chi connectivity index (χ0n) is 14.3. The number of ketones is 2. The van der Waals surface area contributed by atoms with Crippen LogP contribution in [-0.2, 0) is 14.3 Å². The monoisotopic (exact) mass is 316 g/mol. The van der Waals surface area contributed by atoms with E-state index < -0.39 is 0 Å². The zero-order valence-corrected chi connectivity index (χ0v) is 14.3. The average Bonchev–Trinajstić information content (AvgIpc) is 3.14. The Morgan fingerprint density at radius 3 is 2.57 bits per heavy atom. The van der Waals surface area contributed by atoms with Crippen LogP contribution in [0.25, 0.3) is 0 Å². The molecule has 0 bridgehead atoms.